The van der Waals surface area contributed by atoms with Crippen molar-refractivity contribution >= 4 is 5.82 Å². The molecule has 30 heavy (non-hydrogen) atoms. The summed E-state index contributed by atoms with van der Waals surface area (Å²) < 4.78 is 17.9. The van der Waals surface area contributed by atoms with Gasteiger partial charge >= 0.3 is 0 Å². The van der Waals surface area contributed by atoms with Crippen molar-refractivity contribution in [2.24, 2.45) is 0 Å². The Hall–Kier alpha value is -2.48. The molecule has 1 fully saturated rings. The van der Waals surface area contributed by atoms with Gasteiger partial charge in [0.25, 0.3) is 5.88 Å². The maximum absolute atomic E-state index is 5.97. The van der Waals surface area contributed by atoms with Crippen LogP contribution in [0.25, 0.3) is 0 Å². The summed E-state index contributed by atoms with van der Waals surface area (Å²) in [5.41, 5.74) is 0. The Morgan fingerprint density at radius 1 is 1.03 bits per heavy atom. The molecular formula is C22H35N5O3. The van der Waals surface area contributed by atoms with Crippen LogP contribution in [0.3, 0.4) is 0 Å². The van der Waals surface area contributed by atoms with E-state index in [0.717, 1.165) is 56.5 Å². The molecular weight excluding hydrogens is 382 g/mol. The zero-order valence-electron chi connectivity index (χ0n) is 18.7. The Bertz CT molecular complexity index is 739. The van der Waals surface area contributed by atoms with Gasteiger partial charge in [-0.3, -0.25) is 0 Å². The van der Waals surface area contributed by atoms with Crippen LogP contribution in [-0.2, 0) is 9.47 Å². The van der Waals surface area contributed by atoms with E-state index in [9.17, 15) is 0 Å². The summed E-state index contributed by atoms with van der Waals surface area (Å²) in [6.45, 7) is 9.56. The Kier molecular flexibility index (Phi) is 8.19. The SMILES string of the molecule is CCCCOC1=C(OCCOc2nccnc2N2CCN(C)C[C@H]2C)C=CCN1C. The third-order valence-electron chi connectivity index (χ3n) is 5.27. The van der Waals surface area contributed by atoms with E-state index in [0.29, 0.717) is 31.7 Å². The van der Waals surface area contributed by atoms with Crippen molar-refractivity contribution in [3.63, 3.8) is 0 Å². The molecule has 0 radical (unpaired) electrons. The lowest BCUT2D eigenvalue weighted by Gasteiger charge is -2.39. The summed E-state index contributed by atoms with van der Waals surface area (Å²) in [5, 5.41) is 0. The van der Waals surface area contributed by atoms with Gasteiger partial charge < -0.3 is 28.9 Å². The lowest BCUT2D eigenvalue weighted by molar-refractivity contribution is 0.0862. The highest BCUT2D eigenvalue weighted by Crippen LogP contribution is 2.26. The number of nitrogens with zero attached hydrogens (tertiary/aromatic N) is 5. The first-order chi connectivity index (χ1) is 14.6. The fourth-order valence-corrected chi connectivity index (χ4v) is 3.63. The zero-order valence-corrected chi connectivity index (χ0v) is 18.7. The smallest absolute Gasteiger partial charge is 0.257 e. The summed E-state index contributed by atoms with van der Waals surface area (Å²) >= 11 is 0. The van der Waals surface area contributed by atoms with E-state index in [1.165, 1.54) is 0 Å². The van der Waals surface area contributed by atoms with E-state index in [-0.39, 0.29) is 0 Å². The van der Waals surface area contributed by atoms with Crippen LogP contribution in [-0.4, -0.2) is 85.9 Å². The Labute approximate surface area is 180 Å². The van der Waals surface area contributed by atoms with E-state index < -0.39 is 0 Å². The molecule has 3 rings (SSSR count). The molecule has 0 bridgehead atoms. The molecule has 8 heteroatoms. The first-order valence-corrected chi connectivity index (χ1v) is 10.9. The van der Waals surface area contributed by atoms with Crippen molar-refractivity contribution in [2.75, 3.05) is 65.0 Å². The molecule has 8 nitrogen and oxygen atoms in total. The largest absolute Gasteiger partial charge is 0.484 e. The van der Waals surface area contributed by atoms with E-state index in [4.69, 9.17) is 14.2 Å². The van der Waals surface area contributed by atoms with E-state index in [1.54, 1.807) is 12.4 Å². The van der Waals surface area contributed by atoms with Gasteiger partial charge in [-0.05, 0) is 26.5 Å². The van der Waals surface area contributed by atoms with Gasteiger partial charge in [-0.2, -0.15) is 0 Å². The molecule has 1 saturated heterocycles. The number of unbranched alkanes of at least 4 members (excludes halogenated alkanes) is 1. The molecule has 2 aliphatic rings. The fraction of sp³-hybridized carbons (Fsp3) is 0.636. The minimum absolute atomic E-state index is 0.356. The van der Waals surface area contributed by atoms with Crippen molar-refractivity contribution in [3.05, 3.63) is 36.2 Å². The van der Waals surface area contributed by atoms with Crippen LogP contribution < -0.4 is 9.64 Å². The van der Waals surface area contributed by atoms with Crippen LogP contribution in [0.1, 0.15) is 26.7 Å². The van der Waals surface area contributed by atoms with Crippen molar-refractivity contribution in [1.29, 1.82) is 0 Å². The van der Waals surface area contributed by atoms with Crippen LogP contribution in [0, 0.1) is 0 Å². The molecule has 1 atom stereocenters. The Morgan fingerprint density at radius 3 is 2.63 bits per heavy atom. The average Bonchev–Trinajstić information content (AvgIpc) is 2.73. The number of hydrogen-bond donors (Lipinski definition) is 0. The monoisotopic (exact) mass is 417 g/mol. The van der Waals surface area contributed by atoms with Gasteiger partial charge in [-0.1, -0.05) is 19.4 Å². The molecule has 166 valence electrons. The highest BCUT2D eigenvalue weighted by molar-refractivity contribution is 5.49. The second-order valence-electron chi connectivity index (χ2n) is 7.84. The average molecular weight is 418 g/mol. The van der Waals surface area contributed by atoms with Crippen LogP contribution in [0.15, 0.2) is 36.2 Å². The Morgan fingerprint density at radius 2 is 1.83 bits per heavy atom. The van der Waals surface area contributed by atoms with Gasteiger partial charge in [0, 0.05) is 51.7 Å². The van der Waals surface area contributed by atoms with Gasteiger partial charge in [0.1, 0.15) is 13.2 Å². The van der Waals surface area contributed by atoms with Crippen molar-refractivity contribution < 1.29 is 14.2 Å². The minimum Gasteiger partial charge on any atom is -0.484 e. The number of likely N-dealkylation sites (N-methyl/N-ethyl adjacent to an activating group) is 2. The third kappa shape index (κ3) is 5.78. The standard InChI is InChI=1S/C22H35N5O3/c1-5-6-14-30-22-19(8-7-11-26(22)4)28-15-16-29-21-20(23-9-10-24-21)27-13-12-25(3)17-18(27)2/h7-10,18H,5-6,11-17H2,1-4H3/t18-/m1/s1. The molecule has 0 N–H and O–H groups in total. The first-order valence-electron chi connectivity index (χ1n) is 10.9. The third-order valence-corrected chi connectivity index (χ3v) is 5.27. The van der Waals surface area contributed by atoms with Crippen molar-refractivity contribution in [3.8, 4) is 5.88 Å². The molecule has 1 aromatic rings. The number of hydrogen-bond acceptors (Lipinski definition) is 8. The lowest BCUT2D eigenvalue weighted by Crippen LogP contribution is -2.51. The second kappa shape index (κ2) is 11.1. The summed E-state index contributed by atoms with van der Waals surface area (Å²) in [6, 6.07) is 0.356. The summed E-state index contributed by atoms with van der Waals surface area (Å²) in [6.07, 6.45) is 9.55. The van der Waals surface area contributed by atoms with E-state index >= 15 is 0 Å². The quantitative estimate of drug-likeness (QED) is 0.538. The van der Waals surface area contributed by atoms with Crippen LogP contribution in [0.2, 0.25) is 0 Å². The predicted molar refractivity (Wildman–Crippen MR) is 117 cm³/mol. The number of anilines is 1. The molecule has 0 aromatic carbocycles. The van der Waals surface area contributed by atoms with Gasteiger partial charge in [-0.15, -0.1) is 0 Å². The first kappa shape index (κ1) is 22.2. The zero-order chi connectivity index (χ0) is 21.3. The van der Waals surface area contributed by atoms with Gasteiger partial charge in [-0.25, -0.2) is 9.97 Å². The summed E-state index contributed by atoms with van der Waals surface area (Å²) in [4.78, 5) is 15.6. The highest BCUT2D eigenvalue weighted by atomic mass is 16.5. The molecule has 3 heterocycles. The second-order valence-corrected chi connectivity index (χ2v) is 7.84. The topological polar surface area (TPSA) is 63.2 Å². The number of piperazine rings is 1. The predicted octanol–water partition coefficient (Wildman–Crippen LogP) is 2.50. The molecule has 0 saturated carbocycles. The van der Waals surface area contributed by atoms with Gasteiger partial charge in [0.2, 0.25) is 5.88 Å². The molecule has 0 aliphatic carbocycles. The fourth-order valence-electron chi connectivity index (χ4n) is 3.63. The van der Waals surface area contributed by atoms with Crippen molar-refractivity contribution in [1.82, 2.24) is 19.8 Å². The Balaban J connectivity index is 1.56. The highest BCUT2D eigenvalue weighted by Gasteiger charge is 2.25. The van der Waals surface area contributed by atoms with E-state index in [2.05, 4.69) is 51.6 Å². The summed E-state index contributed by atoms with van der Waals surface area (Å²) in [7, 11) is 4.15. The normalized spacial score (nSPS) is 19.9. The molecule has 0 amide bonds. The van der Waals surface area contributed by atoms with Crippen LogP contribution in [0.5, 0.6) is 5.88 Å². The number of aromatic nitrogens is 2. The molecule has 0 unspecified atom stereocenters. The molecule has 0 spiro atoms. The maximum atomic E-state index is 5.97. The van der Waals surface area contributed by atoms with Crippen LogP contribution in [0.4, 0.5) is 5.82 Å². The van der Waals surface area contributed by atoms with Crippen molar-refractivity contribution in [2.45, 2.75) is 32.7 Å². The minimum atomic E-state index is 0.356. The van der Waals surface area contributed by atoms with Gasteiger partial charge in [0.05, 0.1) is 6.61 Å². The summed E-state index contributed by atoms with van der Waals surface area (Å²) in [5.74, 6) is 2.90. The number of allylic oxidation sites excluding steroid dienone is 1. The van der Waals surface area contributed by atoms with Crippen LogP contribution >= 0.6 is 0 Å². The van der Waals surface area contributed by atoms with Gasteiger partial charge in [0.15, 0.2) is 11.6 Å². The maximum Gasteiger partial charge on any atom is 0.257 e. The lowest BCUT2D eigenvalue weighted by atomic mass is 10.2. The molecule has 1 aromatic heterocycles. The molecule has 2 aliphatic heterocycles. The number of rotatable bonds is 10. The van der Waals surface area contributed by atoms with E-state index in [1.807, 2.05) is 13.1 Å². The number of ether oxygens (including phenoxy) is 3.